The summed E-state index contributed by atoms with van der Waals surface area (Å²) in [7, 11) is 3.24. The lowest BCUT2D eigenvalue weighted by atomic mass is 9.70. The predicted molar refractivity (Wildman–Crippen MR) is 203 cm³/mol. The maximum Gasteiger partial charge on any atom is 0.313 e. The van der Waals surface area contributed by atoms with E-state index in [1.165, 1.54) is 4.90 Å². The highest BCUT2D eigenvalue weighted by Gasteiger charge is 2.76. The number of carbonyl (C=O) groups excluding carboxylic acids is 4. The molecule has 3 aromatic rings. The van der Waals surface area contributed by atoms with Crippen molar-refractivity contribution in [2.24, 2.45) is 11.8 Å². The lowest BCUT2D eigenvalue weighted by Crippen LogP contribution is -2.57. The van der Waals surface area contributed by atoms with Gasteiger partial charge in [0.2, 0.25) is 11.8 Å². The molecule has 3 aromatic carbocycles. The van der Waals surface area contributed by atoms with Crippen LogP contribution in [0.3, 0.4) is 0 Å². The minimum absolute atomic E-state index is 0.124. The molecule has 3 aliphatic heterocycles. The van der Waals surface area contributed by atoms with Gasteiger partial charge in [-0.1, -0.05) is 72.8 Å². The molecule has 3 amide bonds. The Bertz CT molecular complexity index is 1840. The van der Waals surface area contributed by atoms with Crippen LogP contribution in [-0.2, 0) is 28.7 Å². The number of methoxy groups -OCH3 is 1. The number of anilines is 1. The molecule has 6 rings (SSSR count). The molecule has 11 nitrogen and oxygen atoms in total. The Labute approximate surface area is 316 Å². The number of benzene rings is 3. The zero-order valence-electron chi connectivity index (χ0n) is 31.1. The molecular weight excluding hydrogens is 686 g/mol. The minimum atomic E-state index is -1.37. The van der Waals surface area contributed by atoms with Gasteiger partial charge in [-0.15, -0.1) is 13.2 Å². The summed E-state index contributed by atoms with van der Waals surface area (Å²) in [6, 6.07) is 22.6. The third kappa shape index (κ3) is 6.94. The van der Waals surface area contributed by atoms with Crippen molar-refractivity contribution in [3.05, 3.63) is 121 Å². The van der Waals surface area contributed by atoms with E-state index in [-0.39, 0.29) is 18.9 Å². The summed E-state index contributed by atoms with van der Waals surface area (Å²) in [4.78, 5) is 62.4. The van der Waals surface area contributed by atoms with E-state index >= 15 is 9.59 Å². The maximum absolute atomic E-state index is 15.1. The van der Waals surface area contributed by atoms with Crippen LogP contribution in [0.4, 0.5) is 5.69 Å². The molecule has 11 heteroatoms. The fourth-order valence-corrected chi connectivity index (χ4v) is 8.49. The topological polar surface area (TPSA) is 126 Å². The molecule has 3 heterocycles. The summed E-state index contributed by atoms with van der Waals surface area (Å²) >= 11 is 0. The number of nitrogens with zero attached hydrogens (tertiary/aromatic N) is 3. The number of amides is 3. The molecule has 8 atom stereocenters. The van der Waals surface area contributed by atoms with E-state index < -0.39 is 72.2 Å². The Hall–Kier alpha value is -5.26. The van der Waals surface area contributed by atoms with E-state index in [9.17, 15) is 14.7 Å². The zero-order valence-corrected chi connectivity index (χ0v) is 31.1. The largest absolute Gasteiger partial charge is 0.497 e. The van der Waals surface area contributed by atoms with Gasteiger partial charge in [-0.05, 0) is 61.6 Å². The lowest BCUT2D eigenvalue weighted by Gasteiger charge is -2.39. The number of ether oxygens (including phenoxy) is 3. The number of fused-ring (bicyclic) bond motifs is 1. The number of hydrogen-bond donors (Lipinski definition) is 1. The Morgan fingerprint density at radius 1 is 1.00 bits per heavy atom. The van der Waals surface area contributed by atoms with Gasteiger partial charge >= 0.3 is 5.97 Å². The van der Waals surface area contributed by atoms with Gasteiger partial charge in [0.05, 0.1) is 43.7 Å². The van der Waals surface area contributed by atoms with Gasteiger partial charge in [-0.3, -0.25) is 19.2 Å². The summed E-state index contributed by atoms with van der Waals surface area (Å²) < 4.78 is 18.5. The fraction of sp³-hybridized carbons (Fsp3) is 0.395. The second-order valence-corrected chi connectivity index (χ2v) is 14.2. The summed E-state index contributed by atoms with van der Waals surface area (Å²) in [6.07, 6.45) is 3.29. The van der Waals surface area contributed by atoms with Gasteiger partial charge in [0.1, 0.15) is 23.5 Å². The van der Waals surface area contributed by atoms with E-state index in [4.69, 9.17) is 14.2 Å². The fourth-order valence-electron chi connectivity index (χ4n) is 8.49. The third-order valence-corrected chi connectivity index (χ3v) is 11.3. The van der Waals surface area contributed by atoms with Crippen molar-refractivity contribution in [3.8, 4) is 5.75 Å². The molecule has 3 aliphatic rings. The first-order valence-electron chi connectivity index (χ1n) is 18.5. The molecule has 2 bridgehead atoms. The second kappa shape index (κ2) is 16.4. The standard InChI is InChI=1S/C43H49N3O8/c1-6-8-19-35(48)44(4)28(3)38(30-17-13-10-14-18-30)53-42(51)36-34-24-25-43(54-34)37(36)40(49)46(33(27-47)29-15-11-9-12-16-29)39(43)41(50)45(26-7-2)31-20-22-32(52-5)23-21-31/h6-7,9-18,20-23,28,33-34,36-39,47H,1-2,8,19,24-27H2,3-5H3/t28-,33-,34-,36+,37+,38+,39-,43+/m1/s1. The number of hydrogen-bond acceptors (Lipinski definition) is 8. The van der Waals surface area contributed by atoms with Crippen LogP contribution in [0.1, 0.15) is 55.9 Å². The smallest absolute Gasteiger partial charge is 0.313 e. The van der Waals surface area contributed by atoms with E-state index in [0.717, 1.165) is 0 Å². The molecule has 3 saturated heterocycles. The van der Waals surface area contributed by atoms with Gasteiger partial charge in [0.15, 0.2) is 0 Å². The molecule has 284 valence electrons. The van der Waals surface area contributed by atoms with Crippen LogP contribution in [0.2, 0.25) is 0 Å². The average Bonchev–Trinajstić information content (AvgIpc) is 3.85. The first-order chi connectivity index (χ1) is 26.1. The van der Waals surface area contributed by atoms with Crippen LogP contribution in [-0.4, -0.2) is 89.7 Å². The van der Waals surface area contributed by atoms with Gasteiger partial charge < -0.3 is 34.0 Å². The van der Waals surface area contributed by atoms with Crippen LogP contribution in [0.25, 0.3) is 0 Å². The Morgan fingerprint density at radius 3 is 2.24 bits per heavy atom. The number of aliphatic hydroxyl groups is 1. The molecule has 0 aliphatic carbocycles. The Morgan fingerprint density at radius 2 is 1.65 bits per heavy atom. The number of rotatable bonds is 16. The van der Waals surface area contributed by atoms with Crippen LogP contribution >= 0.6 is 0 Å². The van der Waals surface area contributed by atoms with Crippen LogP contribution in [0.15, 0.2) is 110 Å². The molecule has 1 spiro atoms. The van der Waals surface area contributed by atoms with E-state index in [2.05, 4.69) is 13.2 Å². The predicted octanol–water partition coefficient (Wildman–Crippen LogP) is 5.42. The normalized spacial score (nSPS) is 24.2. The molecule has 3 fully saturated rings. The number of esters is 1. The highest BCUT2D eigenvalue weighted by atomic mass is 16.6. The van der Waals surface area contributed by atoms with Crippen LogP contribution < -0.4 is 9.64 Å². The van der Waals surface area contributed by atoms with Gasteiger partial charge in [-0.2, -0.15) is 0 Å². The lowest BCUT2D eigenvalue weighted by molar-refractivity contribution is -0.165. The highest BCUT2D eigenvalue weighted by Crippen LogP contribution is 2.60. The zero-order chi connectivity index (χ0) is 38.6. The first kappa shape index (κ1) is 38.5. The number of likely N-dealkylation sites (tertiary alicyclic amines) is 1. The van der Waals surface area contributed by atoms with Crippen molar-refractivity contribution in [1.29, 1.82) is 0 Å². The van der Waals surface area contributed by atoms with Crippen molar-refractivity contribution < 1.29 is 38.5 Å². The number of allylic oxidation sites excluding steroid dienone is 1. The first-order valence-corrected chi connectivity index (χ1v) is 18.5. The van der Waals surface area contributed by atoms with E-state index in [1.54, 1.807) is 72.5 Å². The molecule has 0 aromatic heterocycles. The van der Waals surface area contributed by atoms with Crippen molar-refractivity contribution in [2.45, 2.75) is 68.5 Å². The van der Waals surface area contributed by atoms with E-state index in [1.807, 2.05) is 55.5 Å². The Kier molecular flexibility index (Phi) is 11.7. The molecule has 54 heavy (non-hydrogen) atoms. The highest BCUT2D eigenvalue weighted by molar-refractivity contribution is 6.05. The molecule has 0 radical (unpaired) electrons. The number of carbonyl (C=O) groups is 4. The van der Waals surface area contributed by atoms with Gasteiger partial charge in [-0.25, -0.2) is 0 Å². The summed E-state index contributed by atoms with van der Waals surface area (Å²) in [5, 5.41) is 10.9. The van der Waals surface area contributed by atoms with Crippen molar-refractivity contribution >= 4 is 29.4 Å². The van der Waals surface area contributed by atoms with Crippen LogP contribution in [0, 0.1) is 11.8 Å². The summed E-state index contributed by atoms with van der Waals surface area (Å²) in [6.45, 7) is 9.10. The molecule has 1 N–H and O–H groups in total. The third-order valence-electron chi connectivity index (χ3n) is 11.3. The molecule has 0 unspecified atom stereocenters. The van der Waals surface area contributed by atoms with Crippen LogP contribution in [0.5, 0.6) is 5.75 Å². The quantitative estimate of drug-likeness (QED) is 0.153. The van der Waals surface area contributed by atoms with Crippen molar-refractivity contribution in [3.63, 3.8) is 0 Å². The van der Waals surface area contributed by atoms with E-state index in [0.29, 0.717) is 41.8 Å². The van der Waals surface area contributed by atoms with Gasteiger partial charge in [0.25, 0.3) is 5.91 Å². The summed E-state index contributed by atoms with van der Waals surface area (Å²) in [5.41, 5.74) is 0.514. The number of aliphatic hydroxyl groups excluding tert-OH is 1. The number of likely N-dealkylation sites (N-methyl/N-ethyl adjacent to an activating group) is 1. The molecule has 0 saturated carbocycles. The average molecular weight is 736 g/mol. The molecular formula is C43H49N3O8. The minimum Gasteiger partial charge on any atom is -0.497 e. The monoisotopic (exact) mass is 735 g/mol. The SMILES string of the molecule is C=CCCC(=O)N(C)[C@H](C)[C@H](OC(=O)[C@@H]1[C@H]2C(=O)N([C@H](CO)c3ccccc3)[C@H](C(=O)N(CC=C)c3ccc(OC)cc3)[C@]23CC[C@H]1O3)c1ccccc1. The summed E-state index contributed by atoms with van der Waals surface area (Å²) in [5.74, 6) is -3.13. The van der Waals surface area contributed by atoms with Crippen molar-refractivity contribution in [2.75, 3.05) is 32.2 Å². The van der Waals surface area contributed by atoms with Gasteiger partial charge in [0, 0.05) is 25.7 Å². The Balaban J connectivity index is 1.40. The second-order valence-electron chi connectivity index (χ2n) is 14.2. The van der Waals surface area contributed by atoms with Crippen molar-refractivity contribution in [1.82, 2.24) is 9.80 Å². The maximum atomic E-state index is 15.1.